The van der Waals surface area contributed by atoms with E-state index >= 15 is 0 Å². The standard InChI is InChI=1S/C19H18F3NO2S/c1-3-23-25-18(14-8-6-9-15(11-14)19(20,21)22)16-10-5-4-7-13(16)12-17(24)26-2/h3-11,18H,12H2,1-2H3. The minimum absolute atomic E-state index is 0.0424. The smallest absolute Gasteiger partial charge is 0.383 e. The third-order valence-electron chi connectivity index (χ3n) is 3.69. The Morgan fingerprint density at radius 3 is 2.62 bits per heavy atom. The van der Waals surface area contributed by atoms with Crippen LogP contribution < -0.4 is 0 Å². The zero-order valence-corrected chi connectivity index (χ0v) is 15.1. The van der Waals surface area contributed by atoms with E-state index in [1.807, 2.05) is 0 Å². The molecule has 0 radical (unpaired) electrons. The third-order valence-corrected chi connectivity index (χ3v) is 4.29. The molecule has 2 aromatic rings. The first-order valence-electron chi connectivity index (χ1n) is 7.82. The summed E-state index contributed by atoms with van der Waals surface area (Å²) in [4.78, 5) is 17.3. The molecule has 1 atom stereocenters. The highest BCUT2D eigenvalue weighted by atomic mass is 32.2. The first kappa shape index (κ1) is 20.0. The lowest BCUT2D eigenvalue weighted by atomic mass is 9.94. The van der Waals surface area contributed by atoms with Gasteiger partial charge in [0.05, 0.1) is 5.56 Å². The number of nitrogens with zero attached hydrogens (tertiary/aromatic N) is 1. The molecule has 0 N–H and O–H groups in total. The second-order valence-electron chi connectivity index (χ2n) is 5.42. The van der Waals surface area contributed by atoms with Crippen LogP contribution in [0.3, 0.4) is 0 Å². The second-order valence-corrected chi connectivity index (χ2v) is 6.29. The van der Waals surface area contributed by atoms with Crippen LogP contribution in [0.4, 0.5) is 13.2 Å². The molecule has 2 rings (SSSR count). The van der Waals surface area contributed by atoms with Gasteiger partial charge < -0.3 is 4.84 Å². The van der Waals surface area contributed by atoms with Crippen molar-refractivity contribution in [3.8, 4) is 0 Å². The maximum absolute atomic E-state index is 13.1. The normalized spacial score (nSPS) is 13.0. The van der Waals surface area contributed by atoms with Gasteiger partial charge in [0.25, 0.3) is 0 Å². The highest BCUT2D eigenvalue weighted by Gasteiger charge is 2.31. The van der Waals surface area contributed by atoms with Crippen LogP contribution in [0.15, 0.2) is 53.7 Å². The van der Waals surface area contributed by atoms with E-state index in [0.717, 1.165) is 23.9 Å². The largest absolute Gasteiger partial charge is 0.416 e. The number of halogens is 3. The third kappa shape index (κ3) is 5.11. The summed E-state index contributed by atoms with van der Waals surface area (Å²) in [7, 11) is 0. The summed E-state index contributed by atoms with van der Waals surface area (Å²) in [5.74, 6) is 0. The summed E-state index contributed by atoms with van der Waals surface area (Å²) in [5.41, 5.74) is 0.858. The van der Waals surface area contributed by atoms with E-state index in [2.05, 4.69) is 5.16 Å². The SMILES string of the molecule is CC=NOC(c1cccc(C(F)(F)F)c1)c1ccccc1CC(=O)SC. The van der Waals surface area contributed by atoms with Gasteiger partial charge >= 0.3 is 6.18 Å². The number of carbonyl (C=O) groups excluding carboxylic acids is 1. The van der Waals surface area contributed by atoms with Gasteiger partial charge in [0.15, 0.2) is 11.2 Å². The molecule has 0 bridgehead atoms. The van der Waals surface area contributed by atoms with Crippen molar-refractivity contribution < 1.29 is 22.8 Å². The maximum Gasteiger partial charge on any atom is 0.416 e. The number of alkyl halides is 3. The van der Waals surface area contributed by atoms with Crippen molar-refractivity contribution in [3.63, 3.8) is 0 Å². The Kier molecular flexibility index (Phi) is 6.85. The first-order valence-corrected chi connectivity index (χ1v) is 9.05. The summed E-state index contributed by atoms with van der Waals surface area (Å²) in [6, 6.07) is 12.0. The zero-order chi connectivity index (χ0) is 19.2. The first-order chi connectivity index (χ1) is 12.4. The van der Waals surface area contributed by atoms with Crippen LogP contribution in [0.5, 0.6) is 0 Å². The number of oxime groups is 1. The molecular weight excluding hydrogens is 363 g/mol. The molecule has 1 unspecified atom stereocenters. The van der Waals surface area contributed by atoms with Gasteiger partial charge in [-0.25, -0.2) is 0 Å². The van der Waals surface area contributed by atoms with Crippen molar-refractivity contribution in [2.24, 2.45) is 5.16 Å². The van der Waals surface area contributed by atoms with E-state index in [0.29, 0.717) is 16.7 Å². The fourth-order valence-corrected chi connectivity index (χ4v) is 2.78. The van der Waals surface area contributed by atoms with Gasteiger partial charge in [-0.3, -0.25) is 4.79 Å². The zero-order valence-electron chi connectivity index (χ0n) is 14.3. The molecule has 0 fully saturated rings. The van der Waals surface area contributed by atoms with Crippen LogP contribution >= 0.6 is 11.8 Å². The van der Waals surface area contributed by atoms with Crippen molar-refractivity contribution in [2.45, 2.75) is 25.6 Å². The molecular formula is C19H18F3NO2S. The van der Waals surface area contributed by atoms with Crippen LogP contribution in [0.25, 0.3) is 0 Å². The lowest BCUT2D eigenvalue weighted by Crippen LogP contribution is -2.11. The number of rotatable bonds is 6. The Hall–Kier alpha value is -2.28. The summed E-state index contributed by atoms with van der Waals surface area (Å²) in [5, 5.41) is 3.72. The van der Waals surface area contributed by atoms with Crippen LogP contribution in [-0.2, 0) is 22.2 Å². The average molecular weight is 381 g/mol. The molecule has 7 heteroatoms. The van der Waals surface area contributed by atoms with Crippen molar-refractivity contribution in [2.75, 3.05) is 6.26 Å². The van der Waals surface area contributed by atoms with Gasteiger partial charge in [-0.1, -0.05) is 53.3 Å². The predicted molar refractivity (Wildman–Crippen MR) is 97.2 cm³/mol. The van der Waals surface area contributed by atoms with E-state index in [-0.39, 0.29) is 11.5 Å². The molecule has 2 aromatic carbocycles. The molecule has 0 spiro atoms. The summed E-state index contributed by atoms with van der Waals surface area (Å²) < 4.78 is 39.2. The molecule has 0 aromatic heterocycles. The Morgan fingerprint density at radius 2 is 1.96 bits per heavy atom. The van der Waals surface area contributed by atoms with Crippen molar-refractivity contribution in [1.29, 1.82) is 0 Å². The highest BCUT2D eigenvalue weighted by molar-refractivity contribution is 8.13. The van der Waals surface area contributed by atoms with E-state index in [1.165, 1.54) is 12.3 Å². The van der Waals surface area contributed by atoms with Crippen molar-refractivity contribution in [1.82, 2.24) is 0 Å². The number of hydrogen-bond donors (Lipinski definition) is 0. The van der Waals surface area contributed by atoms with Gasteiger partial charge in [0, 0.05) is 23.8 Å². The Morgan fingerprint density at radius 1 is 1.23 bits per heavy atom. The van der Waals surface area contributed by atoms with Crippen molar-refractivity contribution >= 4 is 23.1 Å². The molecule has 0 saturated heterocycles. The minimum Gasteiger partial charge on any atom is -0.383 e. The highest BCUT2D eigenvalue weighted by Crippen LogP contribution is 2.34. The van der Waals surface area contributed by atoms with Crippen LogP contribution in [-0.4, -0.2) is 17.6 Å². The molecule has 0 aliphatic heterocycles. The number of benzene rings is 2. The molecule has 0 heterocycles. The summed E-state index contributed by atoms with van der Waals surface area (Å²) >= 11 is 1.10. The molecule has 3 nitrogen and oxygen atoms in total. The second kappa shape index (κ2) is 8.89. The molecule has 138 valence electrons. The van der Waals surface area contributed by atoms with E-state index < -0.39 is 17.8 Å². The quantitative estimate of drug-likeness (QED) is 0.507. The lowest BCUT2D eigenvalue weighted by molar-refractivity contribution is -0.137. The maximum atomic E-state index is 13.1. The molecule has 0 saturated carbocycles. The molecule has 0 aliphatic carbocycles. The van der Waals surface area contributed by atoms with Crippen LogP contribution in [0, 0.1) is 0 Å². The van der Waals surface area contributed by atoms with Gasteiger partial charge in [-0.2, -0.15) is 13.2 Å². The van der Waals surface area contributed by atoms with Gasteiger partial charge in [0.1, 0.15) is 0 Å². The van der Waals surface area contributed by atoms with Crippen LogP contribution in [0.1, 0.15) is 35.3 Å². The van der Waals surface area contributed by atoms with Crippen molar-refractivity contribution in [3.05, 3.63) is 70.8 Å². The van der Waals surface area contributed by atoms with E-state index in [1.54, 1.807) is 43.5 Å². The van der Waals surface area contributed by atoms with E-state index in [9.17, 15) is 18.0 Å². The monoisotopic (exact) mass is 381 g/mol. The molecule has 0 amide bonds. The predicted octanol–water partition coefficient (Wildman–Crippen LogP) is 5.25. The van der Waals surface area contributed by atoms with Crippen LogP contribution in [0.2, 0.25) is 0 Å². The number of carbonyl (C=O) groups is 1. The fourth-order valence-electron chi connectivity index (χ4n) is 2.48. The Bertz CT molecular complexity index is 790. The lowest BCUT2D eigenvalue weighted by Gasteiger charge is -2.20. The molecule has 26 heavy (non-hydrogen) atoms. The van der Waals surface area contributed by atoms with Gasteiger partial charge in [-0.05, 0) is 30.9 Å². The molecule has 0 aliphatic rings. The minimum atomic E-state index is -4.46. The summed E-state index contributed by atoms with van der Waals surface area (Å²) in [6.45, 7) is 1.65. The topological polar surface area (TPSA) is 38.7 Å². The Labute approximate surface area is 154 Å². The van der Waals surface area contributed by atoms with Gasteiger partial charge in [-0.15, -0.1) is 0 Å². The average Bonchev–Trinajstić information content (AvgIpc) is 2.62. The van der Waals surface area contributed by atoms with Gasteiger partial charge in [0.2, 0.25) is 0 Å². The number of hydrogen-bond acceptors (Lipinski definition) is 4. The Balaban J connectivity index is 2.51. The fraction of sp³-hybridized carbons (Fsp3) is 0.263. The summed E-state index contributed by atoms with van der Waals surface area (Å²) in [6.07, 6.45) is -2.04. The van der Waals surface area contributed by atoms with E-state index in [4.69, 9.17) is 4.84 Å². The number of thioether (sulfide) groups is 1.